The van der Waals surface area contributed by atoms with E-state index < -0.39 is 0 Å². The Labute approximate surface area is 127 Å². The molecule has 0 amide bonds. The molecule has 5 heteroatoms. The minimum atomic E-state index is 0.591. The summed E-state index contributed by atoms with van der Waals surface area (Å²) < 4.78 is 12.4. The first-order valence-electron chi connectivity index (χ1n) is 5.40. The second kappa shape index (κ2) is 6.21. The van der Waals surface area contributed by atoms with Gasteiger partial charge in [0.05, 0.1) is 16.1 Å². The highest BCUT2D eigenvalue weighted by Crippen LogP contribution is 2.35. The van der Waals surface area contributed by atoms with Crippen molar-refractivity contribution in [3.8, 4) is 17.2 Å². The summed E-state index contributed by atoms with van der Waals surface area (Å²) in [6.45, 7) is 0. The first kappa shape index (κ1) is 14.1. The van der Waals surface area contributed by atoms with Gasteiger partial charge in [0.15, 0.2) is 0 Å². The van der Waals surface area contributed by atoms with Crippen LogP contribution in [0.15, 0.2) is 45.3 Å². The molecule has 0 saturated heterocycles. The maximum atomic E-state index is 10.7. The van der Waals surface area contributed by atoms with Crippen LogP contribution >= 0.6 is 31.9 Å². The molecule has 0 aliphatic heterocycles. The van der Waals surface area contributed by atoms with Gasteiger partial charge in [0, 0.05) is 5.56 Å². The molecule has 0 unspecified atom stereocenters. The molecule has 0 radical (unpaired) electrons. The number of hydrogen-bond acceptors (Lipinski definition) is 3. The molecule has 2 aromatic carbocycles. The number of halogens is 2. The Kier molecular flexibility index (Phi) is 4.61. The van der Waals surface area contributed by atoms with Crippen molar-refractivity contribution >= 4 is 38.1 Å². The van der Waals surface area contributed by atoms with E-state index in [4.69, 9.17) is 9.47 Å². The van der Waals surface area contributed by atoms with E-state index in [-0.39, 0.29) is 0 Å². The molecule has 98 valence electrons. The van der Waals surface area contributed by atoms with Gasteiger partial charge in [-0.3, -0.25) is 4.79 Å². The fourth-order valence-electron chi connectivity index (χ4n) is 1.48. The third-order valence-corrected chi connectivity index (χ3v) is 3.69. The van der Waals surface area contributed by atoms with Crippen LogP contribution in [0.1, 0.15) is 10.4 Å². The average Bonchev–Trinajstić information content (AvgIpc) is 2.42. The standard InChI is InChI=1S/C14H10Br2O3/c1-18-10-3-5-14(12(16)7-10)19-13-4-2-9(8-17)6-11(13)15/h2-8H,1H3. The molecule has 2 rings (SSSR count). The van der Waals surface area contributed by atoms with E-state index in [1.165, 1.54) is 0 Å². The van der Waals surface area contributed by atoms with Crippen LogP contribution in [-0.2, 0) is 0 Å². The van der Waals surface area contributed by atoms with Crippen LogP contribution in [0.4, 0.5) is 0 Å². The van der Waals surface area contributed by atoms with Gasteiger partial charge in [-0.2, -0.15) is 0 Å². The smallest absolute Gasteiger partial charge is 0.150 e. The number of aldehydes is 1. The van der Waals surface area contributed by atoms with Gasteiger partial charge in [0.25, 0.3) is 0 Å². The van der Waals surface area contributed by atoms with Crippen LogP contribution in [0.5, 0.6) is 17.2 Å². The number of hydrogen-bond donors (Lipinski definition) is 0. The quantitative estimate of drug-likeness (QED) is 0.707. The molecule has 0 aliphatic rings. The van der Waals surface area contributed by atoms with Crippen LogP contribution in [0.25, 0.3) is 0 Å². The van der Waals surface area contributed by atoms with E-state index in [2.05, 4.69) is 31.9 Å². The summed E-state index contributed by atoms with van der Waals surface area (Å²) in [5, 5.41) is 0. The topological polar surface area (TPSA) is 35.5 Å². The molecule has 3 nitrogen and oxygen atoms in total. The van der Waals surface area contributed by atoms with Crippen LogP contribution in [-0.4, -0.2) is 13.4 Å². The van der Waals surface area contributed by atoms with Gasteiger partial charge in [-0.1, -0.05) is 0 Å². The highest BCUT2D eigenvalue weighted by atomic mass is 79.9. The second-order valence-electron chi connectivity index (χ2n) is 3.71. The van der Waals surface area contributed by atoms with E-state index in [9.17, 15) is 4.79 Å². The molecular formula is C14H10Br2O3. The molecule has 0 aliphatic carbocycles. The van der Waals surface area contributed by atoms with Crippen molar-refractivity contribution in [3.63, 3.8) is 0 Å². The lowest BCUT2D eigenvalue weighted by molar-refractivity contribution is 0.112. The van der Waals surface area contributed by atoms with Gasteiger partial charge in [-0.05, 0) is 68.3 Å². The van der Waals surface area contributed by atoms with E-state index in [0.29, 0.717) is 17.1 Å². The zero-order valence-corrected chi connectivity index (χ0v) is 13.2. The lowest BCUT2D eigenvalue weighted by Gasteiger charge is -2.10. The van der Waals surface area contributed by atoms with E-state index in [0.717, 1.165) is 21.0 Å². The van der Waals surface area contributed by atoms with Crippen LogP contribution in [0, 0.1) is 0 Å². The third-order valence-electron chi connectivity index (χ3n) is 2.45. The van der Waals surface area contributed by atoms with E-state index in [1.807, 2.05) is 18.2 Å². The summed E-state index contributed by atoms with van der Waals surface area (Å²) in [7, 11) is 1.61. The average molecular weight is 386 g/mol. The minimum Gasteiger partial charge on any atom is -0.497 e. The zero-order valence-electron chi connectivity index (χ0n) is 10.0. The fraction of sp³-hybridized carbons (Fsp3) is 0.0714. The highest BCUT2D eigenvalue weighted by molar-refractivity contribution is 9.11. The van der Waals surface area contributed by atoms with Gasteiger partial charge in [-0.25, -0.2) is 0 Å². The van der Waals surface area contributed by atoms with Crippen molar-refractivity contribution < 1.29 is 14.3 Å². The van der Waals surface area contributed by atoms with Crippen LogP contribution in [0.2, 0.25) is 0 Å². The Morgan fingerprint density at radius 1 is 1.00 bits per heavy atom. The van der Waals surface area contributed by atoms with E-state index in [1.54, 1.807) is 25.3 Å². The summed E-state index contributed by atoms with van der Waals surface area (Å²) in [5.41, 5.74) is 0.591. The molecule has 0 fully saturated rings. The lowest BCUT2D eigenvalue weighted by atomic mass is 10.2. The molecule has 0 heterocycles. The van der Waals surface area contributed by atoms with Gasteiger partial charge >= 0.3 is 0 Å². The molecule has 0 spiro atoms. The Morgan fingerprint density at radius 3 is 2.16 bits per heavy atom. The number of carbonyl (C=O) groups is 1. The van der Waals surface area contributed by atoms with Gasteiger partial charge in [0.2, 0.25) is 0 Å². The van der Waals surface area contributed by atoms with Gasteiger partial charge < -0.3 is 9.47 Å². The molecule has 0 saturated carbocycles. The van der Waals surface area contributed by atoms with Crippen molar-refractivity contribution in [1.82, 2.24) is 0 Å². The summed E-state index contributed by atoms with van der Waals surface area (Å²) in [6, 6.07) is 10.6. The maximum Gasteiger partial charge on any atom is 0.150 e. The normalized spacial score (nSPS) is 10.1. The largest absolute Gasteiger partial charge is 0.497 e. The number of rotatable bonds is 4. The molecule has 0 N–H and O–H groups in total. The Balaban J connectivity index is 2.28. The molecule has 0 atom stereocenters. The summed E-state index contributed by atoms with van der Waals surface area (Å²) in [6.07, 6.45) is 0.790. The molecule has 19 heavy (non-hydrogen) atoms. The lowest BCUT2D eigenvalue weighted by Crippen LogP contribution is -1.89. The Bertz CT molecular complexity index is 612. The number of ether oxygens (including phenoxy) is 2. The zero-order chi connectivity index (χ0) is 13.8. The molecule has 0 aromatic heterocycles. The highest BCUT2D eigenvalue weighted by Gasteiger charge is 2.08. The fourth-order valence-corrected chi connectivity index (χ4v) is 2.40. The van der Waals surface area contributed by atoms with Crippen LogP contribution in [0.3, 0.4) is 0 Å². The predicted molar refractivity (Wildman–Crippen MR) is 80.3 cm³/mol. The van der Waals surface area contributed by atoms with Crippen molar-refractivity contribution in [3.05, 3.63) is 50.9 Å². The van der Waals surface area contributed by atoms with Gasteiger partial charge in [0.1, 0.15) is 23.5 Å². The maximum absolute atomic E-state index is 10.7. The number of benzene rings is 2. The Morgan fingerprint density at radius 2 is 1.63 bits per heavy atom. The van der Waals surface area contributed by atoms with E-state index >= 15 is 0 Å². The second-order valence-corrected chi connectivity index (χ2v) is 5.41. The van der Waals surface area contributed by atoms with Crippen LogP contribution < -0.4 is 9.47 Å². The Hall–Kier alpha value is -1.33. The summed E-state index contributed by atoms with van der Waals surface area (Å²) >= 11 is 6.80. The van der Waals surface area contributed by atoms with Crippen molar-refractivity contribution in [2.24, 2.45) is 0 Å². The summed E-state index contributed by atoms with van der Waals surface area (Å²) in [5.74, 6) is 2.05. The van der Waals surface area contributed by atoms with Crippen molar-refractivity contribution in [2.45, 2.75) is 0 Å². The first-order chi connectivity index (χ1) is 9.13. The minimum absolute atomic E-state index is 0.591. The summed E-state index contributed by atoms with van der Waals surface area (Å²) in [4.78, 5) is 10.7. The molecular weight excluding hydrogens is 376 g/mol. The number of methoxy groups -OCH3 is 1. The SMILES string of the molecule is COc1ccc(Oc2ccc(C=O)cc2Br)c(Br)c1. The number of carbonyl (C=O) groups excluding carboxylic acids is 1. The molecule has 0 bridgehead atoms. The third kappa shape index (κ3) is 3.36. The van der Waals surface area contributed by atoms with Crippen molar-refractivity contribution in [2.75, 3.05) is 7.11 Å². The molecule has 2 aromatic rings. The predicted octanol–water partition coefficient (Wildman–Crippen LogP) is 4.83. The first-order valence-corrected chi connectivity index (χ1v) is 6.99. The van der Waals surface area contributed by atoms with Gasteiger partial charge in [-0.15, -0.1) is 0 Å². The monoisotopic (exact) mass is 384 g/mol. The van der Waals surface area contributed by atoms with Crippen molar-refractivity contribution in [1.29, 1.82) is 0 Å².